The first kappa shape index (κ1) is 9.36. The van der Waals surface area contributed by atoms with Crippen LogP contribution in [0.4, 0.5) is 0 Å². The SMILES string of the molecule is CC(O)C=CSc1ccccc1. The van der Waals surface area contributed by atoms with Crippen molar-refractivity contribution in [1.82, 2.24) is 0 Å². The van der Waals surface area contributed by atoms with Gasteiger partial charge >= 0.3 is 0 Å². The van der Waals surface area contributed by atoms with Crippen LogP contribution in [0.15, 0.2) is 46.7 Å². The molecule has 1 nitrogen and oxygen atoms in total. The van der Waals surface area contributed by atoms with E-state index in [0.29, 0.717) is 0 Å². The fraction of sp³-hybridized carbons (Fsp3) is 0.200. The summed E-state index contributed by atoms with van der Waals surface area (Å²) in [7, 11) is 0. The molecule has 1 unspecified atom stereocenters. The minimum atomic E-state index is -0.360. The third-order valence-electron chi connectivity index (χ3n) is 1.30. The first-order valence-corrected chi connectivity index (χ1v) is 4.73. The van der Waals surface area contributed by atoms with Crippen LogP contribution in [0.25, 0.3) is 0 Å². The lowest BCUT2D eigenvalue weighted by Gasteiger charge is -1.95. The molecule has 0 amide bonds. The van der Waals surface area contributed by atoms with Crippen LogP contribution in [0.2, 0.25) is 0 Å². The lowest BCUT2D eigenvalue weighted by molar-refractivity contribution is 0.244. The minimum absolute atomic E-state index is 0.360. The van der Waals surface area contributed by atoms with Crippen LogP contribution in [0.3, 0.4) is 0 Å². The second-order valence-electron chi connectivity index (χ2n) is 2.50. The predicted molar refractivity (Wildman–Crippen MR) is 53.1 cm³/mol. The van der Waals surface area contributed by atoms with Crippen molar-refractivity contribution in [2.75, 3.05) is 0 Å². The summed E-state index contributed by atoms with van der Waals surface area (Å²) in [6.07, 6.45) is 1.40. The molecule has 2 heteroatoms. The van der Waals surface area contributed by atoms with Crippen LogP contribution < -0.4 is 0 Å². The van der Waals surface area contributed by atoms with E-state index in [-0.39, 0.29) is 6.10 Å². The van der Waals surface area contributed by atoms with Crippen molar-refractivity contribution in [1.29, 1.82) is 0 Å². The third kappa shape index (κ3) is 3.60. The first-order valence-electron chi connectivity index (χ1n) is 3.85. The monoisotopic (exact) mass is 180 g/mol. The second kappa shape index (κ2) is 5.01. The van der Waals surface area contributed by atoms with Gasteiger partial charge in [0.25, 0.3) is 0 Å². The maximum absolute atomic E-state index is 8.93. The molecule has 1 N–H and O–H groups in total. The number of hydrogen-bond acceptors (Lipinski definition) is 2. The highest BCUT2D eigenvalue weighted by molar-refractivity contribution is 8.02. The smallest absolute Gasteiger partial charge is 0.0700 e. The molecule has 0 bridgehead atoms. The Bertz CT molecular complexity index is 241. The highest BCUT2D eigenvalue weighted by Crippen LogP contribution is 2.17. The molecule has 64 valence electrons. The normalized spacial score (nSPS) is 13.5. The summed E-state index contributed by atoms with van der Waals surface area (Å²) in [5.74, 6) is 0. The fourth-order valence-corrected chi connectivity index (χ4v) is 1.51. The van der Waals surface area contributed by atoms with E-state index < -0.39 is 0 Å². The molecule has 0 spiro atoms. The molecule has 1 aromatic carbocycles. The second-order valence-corrected chi connectivity index (χ2v) is 3.48. The number of hydrogen-bond donors (Lipinski definition) is 1. The molecular weight excluding hydrogens is 168 g/mol. The van der Waals surface area contributed by atoms with Crippen LogP contribution in [0.5, 0.6) is 0 Å². The van der Waals surface area contributed by atoms with Crippen molar-refractivity contribution in [3.05, 3.63) is 41.8 Å². The van der Waals surface area contributed by atoms with Crippen molar-refractivity contribution in [3.8, 4) is 0 Å². The molecule has 0 heterocycles. The van der Waals surface area contributed by atoms with Gasteiger partial charge in [0.05, 0.1) is 6.10 Å². The van der Waals surface area contributed by atoms with E-state index in [9.17, 15) is 0 Å². The minimum Gasteiger partial charge on any atom is -0.389 e. The van der Waals surface area contributed by atoms with E-state index in [0.717, 1.165) is 0 Å². The molecular formula is C10H12OS. The van der Waals surface area contributed by atoms with Gasteiger partial charge in [-0.05, 0) is 30.5 Å². The van der Waals surface area contributed by atoms with Crippen LogP contribution in [0.1, 0.15) is 6.92 Å². The maximum Gasteiger partial charge on any atom is 0.0700 e. The summed E-state index contributed by atoms with van der Waals surface area (Å²) in [5, 5.41) is 10.8. The molecule has 0 saturated carbocycles. The predicted octanol–water partition coefficient (Wildman–Crippen LogP) is 2.67. The first-order chi connectivity index (χ1) is 5.79. The Morgan fingerprint density at radius 1 is 1.33 bits per heavy atom. The highest BCUT2D eigenvalue weighted by Gasteiger charge is 1.88. The zero-order valence-electron chi connectivity index (χ0n) is 6.97. The Hall–Kier alpha value is -0.730. The molecule has 0 saturated heterocycles. The van der Waals surface area contributed by atoms with Crippen molar-refractivity contribution in [2.45, 2.75) is 17.9 Å². The Labute approximate surface area is 77.1 Å². The van der Waals surface area contributed by atoms with Gasteiger partial charge in [-0.15, -0.1) is 0 Å². The van der Waals surface area contributed by atoms with Gasteiger partial charge in [0.2, 0.25) is 0 Å². The van der Waals surface area contributed by atoms with E-state index in [4.69, 9.17) is 5.11 Å². The molecule has 0 fully saturated rings. The van der Waals surface area contributed by atoms with Crippen molar-refractivity contribution in [2.24, 2.45) is 0 Å². The zero-order chi connectivity index (χ0) is 8.81. The van der Waals surface area contributed by atoms with Gasteiger partial charge in [0.15, 0.2) is 0 Å². The van der Waals surface area contributed by atoms with E-state index in [1.807, 2.05) is 35.7 Å². The average molecular weight is 180 g/mol. The Kier molecular flexibility index (Phi) is 3.91. The molecule has 12 heavy (non-hydrogen) atoms. The fourth-order valence-electron chi connectivity index (χ4n) is 0.731. The number of benzene rings is 1. The van der Waals surface area contributed by atoms with E-state index in [1.165, 1.54) is 4.90 Å². The lowest BCUT2D eigenvalue weighted by atomic mass is 10.4. The van der Waals surface area contributed by atoms with Gasteiger partial charge in [-0.3, -0.25) is 0 Å². The largest absolute Gasteiger partial charge is 0.389 e. The topological polar surface area (TPSA) is 20.2 Å². The van der Waals surface area contributed by atoms with Gasteiger partial charge in [0.1, 0.15) is 0 Å². The van der Waals surface area contributed by atoms with Crippen LogP contribution in [-0.2, 0) is 0 Å². The summed E-state index contributed by atoms with van der Waals surface area (Å²) in [6.45, 7) is 1.74. The summed E-state index contributed by atoms with van der Waals surface area (Å²) < 4.78 is 0. The van der Waals surface area contributed by atoms with Gasteiger partial charge in [0, 0.05) is 4.90 Å². The molecule has 0 aliphatic rings. The Morgan fingerprint density at radius 3 is 2.58 bits per heavy atom. The number of rotatable bonds is 3. The quantitative estimate of drug-likeness (QED) is 0.722. The molecule has 0 aliphatic carbocycles. The molecule has 0 aliphatic heterocycles. The van der Waals surface area contributed by atoms with Gasteiger partial charge < -0.3 is 5.11 Å². The van der Waals surface area contributed by atoms with E-state index >= 15 is 0 Å². The summed E-state index contributed by atoms with van der Waals surface area (Å²) in [5.41, 5.74) is 0. The maximum atomic E-state index is 8.93. The van der Waals surface area contributed by atoms with Crippen LogP contribution in [0, 0.1) is 0 Å². The summed E-state index contributed by atoms with van der Waals surface area (Å²) >= 11 is 1.61. The lowest BCUT2D eigenvalue weighted by Crippen LogP contribution is -1.90. The molecule has 0 radical (unpaired) electrons. The van der Waals surface area contributed by atoms with E-state index in [2.05, 4.69) is 0 Å². The van der Waals surface area contributed by atoms with Gasteiger partial charge in [-0.1, -0.05) is 30.0 Å². The summed E-state index contributed by atoms with van der Waals surface area (Å²) in [6, 6.07) is 10.1. The van der Waals surface area contributed by atoms with Crippen molar-refractivity contribution in [3.63, 3.8) is 0 Å². The number of aliphatic hydroxyl groups excluding tert-OH is 1. The van der Waals surface area contributed by atoms with Gasteiger partial charge in [-0.2, -0.15) is 0 Å². The van der Waals surface area contributed by atoms with Crippen molar-refractivity contribution >= 4 is 11.8 Å². The number of aliphatic hydroxyl groups is 1. The summed E-state index contributed by atoms with van der Waals surface area (Å²) in [4.78, 5) is 1.19. The van der Waals surface area contributed by atoms with Crippen molar-refractivity contribution < 1.29 is 5.11 Å². The third-order valence-corrected chi connectivity index (χ3v) is 2.14. The van der Waals surface area contributed by atoms with Crippen LogP contribution in [-0.4, -0.2) is 11.2 Å². The standard InChI is InChI=1S/C10H12OS/c1-9(11)7-8-12-10-5-3-2-4-6-10/h2-9,11H,1H3. The van der Waals surface area contributed by atoms with Gasteiger partial charge in [-0.25, -0.2) is 0 Å². The van der Waals surface area contributed by atoms with Crippen LogP contribution >= 0.6 is 11.8 Å². The number of thioether (sulfide) groups is 1. The zero-order valence-corrected chi connectivity index (χ0v) is 7.79. The highest BCUT2D eigenvalue weighted by atomic mass is 32.2. The molecule has 1 atom stereocenters. The molecule has 1 aromatic rings. The average Bonchev–Trinajstić information content (AvgIpc) is 2.05. The van der Waals surface area contributed by atoms with E-state index in [1.54, 1.807) is 24.8 Å². The molecule has 1 rings (SSSR count). The molecule has 0 aromatic heterocycles. The Morgan fingerprint density at radius 2 is 2.00 bits per heavy atom. The Balaban J connectivity index is 2.43.